The van der Waals surface area contributed by atoms with Gasteiger partial charge in [-0.2, -0.15) is 0 Å². The first-order valence-electron chi connectivity index (χ1n) is 5.96. The lowest BCUT2D eigenvalue weighted by Crippen LogP contribution is -1.94. The second-order valence-corrected chi connectivity index (χ2v) is 4.45. The highest BCUT2D eigenvalue weighted by atomic mass is 14.9. The minimum atomic E-state index is 1.19. The van der Waals surface area contributed by atoms with E-state index < -0.39 is 0 Å². The lowest BCUT2D eigenvalue weighted by Gasteiger charge is -2.09. The van der Waals surface area contributed by atoms with Crippen molar-refractivity contribution in [2.45, 2.75) is 39.0 Å². The maximum absolute atomic E-state index is 4.74. The van der Waals surface area contributed by atoms with Gasteiger partial charge in [0, 0.05) is 11.3 Å². The van der Waals surface area contributed by atoms with E-state index in [1.807, 2.05) is 0 Å². The van der Waals surface area contributed by atoms with E-state index >= 15 is 0 Å². The van der Waals surface area contributed by atoms with Gasteiger partial charge in [-0.05, 0) is 42.9 Å². The maximum atomic E-state index is 4.74. The molecule has 1 nitrogen and oxygen atoms in total. The van der Waals surface area contributed by atoms with Gasteiger partial charge < -0.3 is 0 Å². The van der Waals surface area contributed by atoms with Crippen molar-refractivity contribution in [3.8, 4) is 0 Å². The van der Waals surface area contributed by atoms with Crippen LogP contribution in [0, 0.1) is 0 Å². The molecule has 0 spiro atoms. The summed E-state index contributed by atoms with van der Waals surface area (Å²) in [5, 5.41) is 4.74. The van der Waals surface area contributed by atoms with Crippen molar-refractivity contribution in [3.63, 3.8) is 0 Å². The van der Waals surface area contributed by atoms with E-state index in [4.69, 9.17) is 5.32 Å². The molecule has 1 aromatic rings. The van der Waals surface area contributed by atoms with Crippen LogP contribution >= 0.6 is 0 Å². The van der Waals surface area contributed by atoms with Crippen molar-refractivity contribution >= 4 is 11.3 Å². The molecule has 1 heteroatoms. The summed E-state index contributed by atoms with van der Waals surface area (Å²) in [6.45, 7) is 2.25. The summed E-state index contributed by atoms with van der Waals surface area (Å²) in [6.07, 6.45) is 6.14. The number of benzene rings is 1. The Balaban J connectivity index is 2.10. The quantitative estimate of drug-likeness (QED) is 0.686. The SMILES string of the molecule is CCCc1cccc2c1C1=C(CCC1)[N]2. The van der Waals surface area contributed by atoms with E-state index in [1.165, 1.54) is 54.6 Å². The highest BCUT2D eigenvalue weighted by Crippen LogP contribution is 2.45. The zero-order valence-corrected chi connectivity index (χ0v) is 9.21. The molecule has 0 N–H and O–H groups in total. The van der Waals surface area contributed by atoms with Crippen LogP contribution in [0.15, 0.2) is 23.9 Å². The molecule has 1 aromatic carbocycles. The third-order valence-electron chi connectivity index (χ3n) is 3.39. The van der Waals surface area contributed by atoms with Crippen LogP contribution in [0.25, 0.3) is 5.57 Å². The van der Waals surface area contributed by atoms with Crippen LogP contribution in [0.1, 0.15) is 43.7 Å². The van der Waals surface area contributed by atoms with Gasteiger partial charge in [0.15, 0.2) is 0 Å². The molecule has 0 fully saturated rings. The summed E-state index contributed by atoms with van der Waals surface area (Å²) in [4.78, 5) is 0. The zero-order chi connectivity index (χ0) is 10.3. The highest BCUT2D eigenvalue weighted by molar-refractivity contribution is 5.85. The first-order valence-corrected chi connectivity index (χ1v) is 5.96. The molecule has 0 aromatic heterocycles. The zero-order valence-electron chi connectivity index (χ0n) is 9.21. The number of hydrogen-bond donors (Lipinski definition) is 0. The van der Waals surface area contributed by atoms with Crippen molar-refractivity contribution < 1.29 is 0 Å². The average molecular weight is 198 g/mol. The Hall–Kier alpha value is -1.24. The van der Waals surface area contributed by atoms with Gasteiger partial charge in [-0.25, -0.2) is 0 Å². The van der Waals surface area contributed by atoms with Gasteiger partial charge in [-0.3, -0.25) is 5.32 Å². The Morgan fingerprint density at radius 3 is 3.07 bits per heavy atom. The largest absolute Gasteiger partial charge is 0.253 e. The number of allylic oxidation sites excluding steroid dienone is 2. The van der Waals surface area contributed by atoms with Crippen molar-refractivity contribution in [3.05, 3.63) is 35.0 Å². The van der Waals surface area contributed by atoms with Gasteiger partial charge in [0.05, 0.1) is 5.69 Å². The second kappa shape index (κ2) is 3.41. The van der Waals surface area contributed by atoms with Gasteiger partial charge in [-0.15, -0.1) is 0 Å². The van der Waals surface area contributed by atoms with Gasteiger partial charge in [-0.1, -0.05) is 25.5 Å². The Morgan fingerprint density at radius 1 is 1.27 bits per heavy atom. The monoisotopic (exact) mass is 198 g/mol. The van der Waals surface area contributed by atoms with Crippen LogP contribution in [0.2, 0.25) is 0 Å². The van der Waals surface area contributed by atoms with Gasteiger partial charge in [0.25, 0.3) is 0 Å². The van der Waals surface area contributed by atoms with Gasteiger partial charge in [0.2, 0.25) is 0 Å². The van der Waals surface area contributed by atoms with Crippen LogP contribution in [-0.2, 0) is 6.42 Å². The molecule has 15 heavy (non-hydrogen) atoms. The highest BCUT2D eigenvalue weighted by Gasteiger charge is 2.27. The third kappa shape index (κ3) is 1.30. The molecule has 1 aliphatic heterocycles. The molecular weight excluding hydrogens is 182 g/mol. The predicted octanol–water partition coefficient (Wildman–Crippen LogP) is 3.78. The van der Waals surface area contributed by atoms with E-state index in [9.17, 15) is 0 Å². The number of aryl methyl sites for hydroxylation is 1. The summed E-state index contributed by atoms with van der Waals surface area (Å²) in [6, 6.07) is 6.58. The normalized spacial score (nSPS) is 17.7. The first-order chi connectivity index (χ1) is 7.40. The molecular formula is C14H16N. The number of hydrogen-bond acceptors (Lipinski definition) is 0. The minimum absolute atomic E-state index is 1.19. The van der Waals surface area contributed by atoms with E-state index in [-0.39, 0.29) is 0 Å². The Kier molecular flexibility index (Phi) is 2.05. The van der Waals surface area contributed by atoms with E-state index in [0.717, 1.165) is 0 Å². The Labute approximate surface area is 91.2 Å². The van der Waals surface area contributed by atoms with E-state index in [0.29, 0.717) is 0 Å². The molecule has 77 valence electrons. The summed E-state index contributed by atoms with van der Waals surface area (Å²) in [5.41, 5.74) is 7.13. The minimum Gasteiger partial charge on any atom is -0.253 e. The van der Waals surface area contributed by atoms with Crippen LogP contribution in [0.3, 0.4) is 0 Å². The Bertz CT molecular complexity index is 429. The van der Waals surface area contributed by atoms with Crippen LogP contribution in [0.5, 0.6) is 0 Å². The molecule has 0 amide bonds. The van der Waals surface area contributed by atoms with E-state index in [2.05, 4.69) is 25.1 Å². The molecule has 3 rings (SSSR count). The van der Waals surface area contributed by atoms with Gasteiger partial charge in [0.1, 0.15) is 0 Å². The summed E-state index contributed by atoms with van der Waals surface area (Å²) in [7, 11) is 0. The molecule has 0 saturated heterocycles. The predicted molar refractivity (Wildman–Crippen MR) is 63.0 cm³/mol. The lowest BCUT2D eigenvalue weighted by atomic mass is 9.96. The Morgan fingerprint density at radius 2 is 2.20 bits per heavy atom. The summed E-state index contributed by atoms with van der Waals surface area (Å²) in [5.74, 6) is 0. The van der Waals surface area contributed by atoms with Crippen molar-refractivity contribution in [2.24, 2.45) is 0 Å². The fraction of sp³-hybridized carbons (Fsp3) is 0.429. The molecule has 0 bridgehead atoms. The standard InChI is InChI=1S/C14H16N/c1-2-5-10-6-3-9-13-14(10)11-7-4-8-12(11)15-13/h3,6,9H,2,4-5,7-8H2,1H3. The molecule has 0 saturated carbocycles. The second-order valence-electron chi connectivity index (χ2n) is 4.45. The van der Waals surface area contributed by atoms with Crippen molar-refractivity contribution in [1.82, 2.24) is 5.32 Å². The van der Waals surface area contributed by atoms with Crippen LogP contribution in [-0.4, -0.2) is 0 Å². The number of fused-ring (bicyclic) bond motifs is 2. The third-order valence-corrected chi connectivity index (χ3v) is 3.39. The summed E-state index contributed by atoms with van der Waals surface area (Å²) >= 11 is 0. The smallest absolute Gasteiger partial charge is 0.0711 e. The first kappa shape index (κ1) is 9.02. The topological polar surface area (TPSA) is 14.1 Å². The molecule has 2 aliphatic rings. The van der Waals surface area contributed by atoms with E-state index in [1.54, 1.807) is 5.57 Å². The maximum Gasteiger partial charge on any atom is 0.0711 e. The van der Waals surface area contributed by atoms with Crippen molar-refractivity contribution in [2.75, 3.05) is 0 Å². The fourth-order valence-electron chi connectivity index (χ4n) is 2.77. The van der Waals surface area contributed by atoms with Crippen LogP contribution in [0.4, 0.5) is 5.69 Å². The molecule has 1 heterocycles. The molecule has 1 radical (unpaired) electrons. The molecule has 1 aliphatic carbocycles. The fourth-order valence-corrected chi connectivity index (χ4v) is 2.77. The average Bonchev–Trinajstić information content (AvgIpc) is 2.77. The van der Waals surface area contributed by atoms with Crippen molar-refractivity contribution in [1.29, 1.82) is 0 Å². The number of nitrogens with zero attached hydrogens (tertiary/aromatic N) is 1. The van der Waals surface area contributed by atoms with Crippen LogP contribution < -0.4 is 5.32 Å². The molecule has 0 atom stereocenters. The van der Waals surface area contributed by atoms with Gasteiger partial charge >= 0.3 is 0 Å². The lowest BCUT2D eigenvalue weighted by molar-refractivity contribution is 0.854. The summed E-state index contributed by atoms with van der Waals surface area (Å²) < 4.78 is 0. The number of rotatable bonds is 2. The molecule has 0 unspecified atom stereocenters.